The normalized spacial score (nSPS) is 10.8. The van der Waals surface area contributed by atoms with Gasteiger partial charge in [-0.3, -0.25) is 4.79 Å². The summed E-state index contributed by atoms with van der Waals surface area (Å²) in [5.41, 5.74) is 2.73. The second-order valence-corrected chi connectivity index (χ2v) is 9.20. The average Bonchev–Trinajstić information content (AvgIpc) is 3.39. The Hall–Kier alpha value is -2.69. The Morgan fingerprint density at radius 2 is 2.00 bits per heavy atom. The summed E-state index contributed by atoms with van der Waals surface area (Å²) in [5, 5.41) is 14.5. The predicted octanol–water partition coefficient (Wildman–Crippen LogP) is 5.11. The first-order chi connectivity index (χ1) is 15.0. The van der Waals surface area contributed by atoms with E-state index in [9.17, 15) is 4.79 Å². The van der Waals surface area contributed by atoms with Crippen LogP contribution >= 0.6 is 39.0 Å². The zero-order chi connectivity index (χ0) is 21.8. The van der Waals surface area contributed by atoms with E-state index in [2.05, 4.69) is 36.4 Å². The maximum Gasteiger partial charge on any atom is 0.236 e. The largest absolute Gasteiger partial charge is 0.497 e. The summed E-state index contributed by atoms with van der Waals surface area (Å²) in [5.74, 6) is 1.52. The summed E-state index contributed by atoms with van der Waals surface area (Å²) in [7, 11) is 3.50. The lowest BCUT2D eigenvalue weighted by molar-refractivity contribution is -0.113. The highest BCUT2D eigenvalue weighted by atomic mass is 79.9. The Morgan fingerprint density at radius 3 is 2.77 bits per heavy atom. The lowest BCUT2D eigenvalue weighted by Crippen LogP contribution is -2.14. The predicted molar refractivity (Wildman–Crippen MR) is 128 cm³/mol. The highest BCUT2D eigenvalue weighted by molar-refractivity contribution is 9.10. The number of carbonyl (C=O) groups is 1. The van der Waals surface area contributed by atoms with Gasteiger partial charge in [-0.15, -0.1) is 21.5 Å². The van der Waals surface area contributed by atoms with E-state index in [-0.39, 0.29) is 11.7 Å². The molecule has 1 N–H and O–H groups in total. The number of thioether (sulfide) groups is 1. The Balaban J connectivity index is 1.37. The van der Waals surface area contributed by atoms with Crippen molar-refractivity contribution in [3.05, 3.63) is 58.4 Å². The molecule has 0 radical (unpaired) electrons. The van der Waals surface area contributed by atoms with E-state index in [0.717, 1.165) is 27.0 Å². The first kappa shape index (κ1) is 21.5. The molecule has 2 heterocycles. The molecular formula is C21H18BrN5O2S2. The van der Waals surface area contributed by atoms with Crippen molar-refractivity contribution in [1.82, 2.24) is 19.7 Å². The maximum atomic E-state index is 12.4. The molecule has 10 heteroatoms. The number of nitrogens with zero attached hydrogens (tertiary/aromatic N) is 4. The highest BCUT2D eigenvalue weighted by Gasteiger charge is 2.14. The molecule has 0 saturated carbocycles. The number of nitrogens with one attached hydrogen (secondary N) is 1. The summed E-state index contributed by atoms with van der Waals surface area (Å²) >= 11 is 6.14. The summed E-state index contributed by atoms with van der Waals surface area (Å²) in [4.78, 5) is 16.9. The van der Waals surface area contributed by atoms with E-state index < -0.39 is 0 Å². The van der Waals surface area contributed by atoms with Crippen molar-refractivity contribution in [3.8, 4) is 28.4 Å². The van der Waals surface area contributed by atoms with Crippen LogP contribution in [0.3, 0.4) is 0 Å². The minimum absolute atomic E-state index is 0.146. The van der Waals surface area contributed by atoms with Crippen LogP contribution in [-0.4, -0.2) is 38.5 Å². The summed E-state index contributed by atoms with van der Waals surface area (Å²) in [6.45, 7) is 0. The molecule has 158 valence electrons. The van der Waals surface area contributed by atoms with Crippen LogP contribution in [0.5, 0.6) is 5.75 Å². The summed E-state index contributed by atoms with van der Waals surface area (Å²) in [6, 6.07) is 15.5. The SMILES string of the molecule is COc1cccc(-c2nnc(SCC(=O)Nc3nc(-c4ccc(Br)cc4)cs3)n2C)c1. The van der Waals surface area contributed by atoms with Gasteiger partial charge in [0, 0.05) is 28.0 Å². The van der Waals surface area contributed by atoms with Crippen LogP contribution in [0.2, 0.25) is 0 Å². The number of methoxy groups -OCH3 is 1. The fourth-order valence-electron chi connectivity index (χ4n) is 2.82. The maximum absolute atomic E-state index is 12.4. The molecule has 4 aromatic rings. The molecule has 0 unspecified atom stereocenters. The molecule has 0 aliphatic heterocycles. The minimum Gasteiger partial charge on any atom is -0.497 e. The topological polar surface area (TPSA) is 81.9 Å². The van der Waals surface area contributed by atoms with Crippen molar-refractivity contribution in [1.29, 1.82) is 0 Å². The van der Waals surface area contributed by atoms with Gasteiger partial charge in [0.05, 0.1) is 18.6 Å². The molecule has 0 spiro atoms. The number of hydrogen-bond acceptors (Lipinski definition) is 7. The van der Waals surface area contributed by atoms with Crippen molar-refractivity contribution in [3.63, 3.8) is 0 Å². The van der Waals surface area contributed by atoms with E-state index in [0.29, 0.717) is 16.1 Å². The van der Waals surface area contributed by atoms with Gasteiger partial charge in [-0.1, -0.05) is 52.0 Å². The van der Waals surface area contributed by atoms with Crippen LogP contribution in [0.1, 0.15) is 0 Å². The zero-order valence-electron chi connectivity index (χ0n) is 16.7. The molecule has 0 atom stereocenters. The number of ether oxygens (including phenoxy) is 1. The van der Waals surface area contributed by atoms with Gasteiger partial charge in [-0.2, -0.15) is 0 Å². The molecule has 2 aromatic carbocycles. The van der Waals surface area contributed by atoms with Gasteiger partial charge >= 0.3 is 0 Å². The van der Waals surface area contributed by atoms with Gasteiger partial charge in [0.1, 0.15) is 5.75 Å². The van der Waals surface area contributed by atoms with E-state index in [1.807, 2.05) is 65.5 Å². The lowest BCUT2D eigenvalue weighted by atomic mass is 10.2. The highest BCUT2D eigenvalue weighted by Crippen LogP contribution is 2.27. The van der Waals surface area contributed by atoms with Crippen LogP contribution in [-0.2, 0) is 11.8 Å². The molecule has 1 amide bonds. The molecule has 0 bridgehead atoms. The molecule has 0 saturated heterocycles. The Labute approximate surface area is 196 Å². The smallest absolute Gasteiger partial charge is 0.236 e. The van der Waals surface area contributed by atoms with Crippen LogP contribution in [0.25, 0.3) is 22.6 Å². The van der Waals surface area contributed by atoms with Gasteiger partial charge in [0.2, 0.25) is 5.91 Å². The number of rotatable bonds is 7. The average molecular weight is 516 g/mol. The van der Waals surface area contributed by atoms with Crippen LogP contribution in [0.4, 0.5) is 5.13 Å². The molecule has 2 aromatic heterocycles. The third-order valence-electron chi connectivity index (χ3n) is 4.39. The van der Waals surface area contributed by atoms with Crippen molar-refractivity contribution in [2.45, 2.75) is 5.16 Å². The Bertz CT molecular complexity index is 1210. The molecule has 0 fully saturated rings. The first-order valence-electron chi connectivity index (χ1n) is 9.21. The molecule has 7 nitrogen and oxygen atoms in total. The summed E-state index contributed by atoms with van der Waals surface area (Å²) < 4.78 is 8.14. The first-order valence-corrected chi connectivity index (χ1v) is 11.9. The van der Waals surface area contributed by atoms with Crippen LogP contribution in [0.15, 0.2) is 63.5 Å². The van der Waals surface area contributed by atoms with Crippen molar-refractivity contribution < 1.29 is 9.53 Å². The van der Waals surface area contributed by atoms with Crippen molar-refractivity contribution in [2.24, 2.45) is 7.05 Å². The van der Waals surface area contributed by atoms with E-state index in [1.54, 1.807) is 7.11 Å². The van der Waals surface area contributed by atoms with Crippen LogP contribution in [0, 0.1) is 0 Å². The second kappa shape index (κ2) is 9.63. The third kappa shape index (κ3) is 5.15. The fraction of sp³-hybridized carbons (Fsp3) is 0.143. The molecule has 4 rings (SSSR count). The number of benzene rings is 2. The molecular weight excluding hydrogens is 498 g/mol. The number of anilines is 1. The third-order valence-corrected chi connectivity index (χ3v) is 6.69. The molecule has 31 heavy (non-hydrogen) atoms. The monoisotopic (exact) mass is 515 g/mol. The van der Waals surface area contributed by atoms with Crippen LogP contribution < -0.4 is 10.1 Å². The van der Waals surface area contributed by atoms with Gasteiger partial charge in [-0.05, 0) is 24.3 Å². The zero-order valence-corrected chi connectivity index (χ0v) is 19.9. The number of aromatic nitrogens is 4. The van der Waals surface area contributed by atoms with Gasteiger partial charge in [0.25, 0.3) is 0 Å². The Kier molecular flexibility index (Phi) is 6.69. The standard InChI is InChI=1S/C21H18BrN5O2S2/c1-27-19(14-4-3-5-16(10-14)29-2)25-26-21(27)31-12-18(28)24-20-23-17(11-30-20)13-6-8-15(22)9-7-13/h3-11H,12H2,1-2H3,(H,23,24,28). The van der Waals surface area contributed by atoms with Gasteiger partial charge in [0.15, 0.2) is 16.1 Å². The van der Waals surface area contributed by atoms with Crippen molar-refractivity contribution in [2.75, 3.05) is 18.2 Å². The van der Waals surface area contributed by atoms with Gasteiger partial charge < -0.3 is 14.6 Å². The van der Waals surface area contributed by atoms with Crippen molar-refractivity contribution >= 4 is 50.1 Å². The van der Waals surface area contributed by atoms with E-state index >= 15 is 0 Å². The lowest BCUT2D eigenvalue weighted by Gasteiger charge is -2.05. The molecule has 0 aliphatic rings. The summed E-state index contributed by atoms with van der Waals surface area (Å²) in [6.07, 6.45) is 0. The number of carbonyl (C=O) groups excluding carboxylic acids is 1. The second-order valence-electron chi connectivity index (χ2n) is 6.48. The number of halogens is 1. The van der Waals surface area contributed by atoms with E-state index in [1.165, 1.54) is 23.1 Å². The number of thiazole rings is 1. The number of amides is 1. The minimum atomic E-state index is -0.146. The number of hydrogen-bond donors (Lipinski definition) is 1. The quantitative estimate of drug-likeness (QED) is 0.344. The molecule has 0 aliphatic carbocycles. The Morgan fingerprint density at radius 1 is 1.19 bits per heavy atom. The fourth-order valence-corrected chi connectivity index (χ4v) is 4.54. The van der Waals surface area contributed by atoms with E-state index in [4.69, 9.17) is 4.74 Å². The van der Waals surface area contributed by atoms with Gasteiger partial charge in [-0.25, -0.2) is 4.98 Å².